The van der Waals surface area contributed by atoms with Crippen LogP contribution in [-0.4, -0.2) is 51.2 Å². The van der Waals surface area contributed by atoms with Gasteiger partial charge in [-0.05, 0) is 30.3 Å². The van der Waals surface area contributed by atoms with Crippen molar-refractivity contribution >= 4 is 23.2 Å². The number of amides is 1. The molecule has 0 aromatic heterocycles. The number of nitriles is 1. The third-order valence-corrected chi connectivity index (χ3v) is 4.86. The van der Waals surface area contributed by atoms with Crippen molar-refractivity contribution in [3.8, 4) is 17.6 Å². The number of rotatable bonds is 4. The van der Waals surface area contributed by atoms with Crippen LogP contribution in [0.25, 0.3) is 0 Å². The number of anilines is 1. The summed E-state index contributed by atoms with van der Waals surface area (Å²) in [5.74, 6) is 1.05. The smallest absolute Gasteiger partial charge is 0.257 e. The van der Waals surface area contributed by atoms with Crippen LogP contribution in [0.2, 0.25) is 5.02 Å². The van der Waals surface area contributed by atoms with Crippen LogP contribution < -0.4 is 14.4 Å². The summed E-state index contributed by atoms with van der Waals surface area (Å²) in [6.07, 6.45) is 0. The highest BCUT2D eigenvalue weighted by Crippen LogP contribution is 2.28. The maximum Gasteiger partial charge on any atom is 0.257 e. The first kappa shape index (κ1) is 18.9. The number of carbonyl (C=O) groups excluding carboxylic acids is 1. The number of carbonyl (C=O) groups is 1. The average Bonchev–Trinajstić information content (AvgIpc) is 2.72. The number of benzene rings is 2. The Bertz CT molecular complexity index is 887. The topological polar surface area (TPSA) is 65.8 Å². The lowest BCUT2D eigenvalue weighted by molar-refractivity contribution is 0.0743. The molecule has 1 aliphatic rings. The molecule has 3 rings (SSSR count). The molecule has 0 N–H and O–H groups in total. The van der Waals surface area contributed by atoms with Crippen molar-refractivity contribution in [2.45, 2.75) is 0 Å². The highest BCUT2D eigenvalue weighted by Gasteiger charge is 2.25. The Labute approximate surface area is 163 Å². The Morgan fingerprint density at radius 1 is 1.07 bits per heavy atom. The molecular weight excluding hydrogens is 366 g/mol. The van der Waals surface area contributed by atoms with Gasteiger partial charge in [0.05, 0.1) is 31.0 Å². The van der Waals surface area contributed by atoms with Gasteiger partial charge in [-0.25, -0.2) is 0 Å². The lowest BCUT2D eigenvalue weighted by Crippen LogP contribution is -2.49. The van der Waals surface area contributed by atoms with Crippen molar-refractivity contribution < 1.29 is 14.3 Å². The first-order valence-electron chi connectivity index (χ1n) is 8.53. The quantitative estimate of drug-likeness (QED) is 0.808. The van der Waals surface area contributed by atoms with Gasteiger partial charge in [0.1, 0.15) is 17.6 Å². The van der Waals surface area contributed by atoms with Crippen molar-refractivity contribution in [2.75, 3.05) is 45.3 Å². The van der Waals surface area contributed by atoms with Crippen LogP contribution in [0.3, 0.4) is 0 Å². The van der Waals surface area contributed by atoms with Crippen molar-refractivity contribution in [2.24, 2.45) is 0 Å². The maximum absolute atomic E-state index is 12.9. The van der Waals surface area contributed by atoms with E-state index in [0.29, 0.717) is 53.8 Å². The summed E-state index contributed by atoms with van der Waals surface area (Å²) in [4.78, 5) is 16.8. The Balaban J connectivity index is 1.73. The zero-order chi connectivity index (χ0) is 19.4. The second-order valence-electron chi connectivity index (χ2n) is 6.12. The number of ether oxygens (including phenoxy) is 2. The largest absolute Gasteiger partial charge is 0.497 e. The van der Waals surface area contributed by atoms with E-state index >= 15 is 0 Å². The van der Waals surface area contributed by atoms with E-state index in [1.54, 1.807) is 42.3 Å². The predicted octanol–water partition coefficient (Wildman–Crippen LogP) is 3.19. The van der Waals surface area contributed by atoms with Crippen molar-refractivity contribution in [3.05, 3.63) is 52.5 Å². The van der Waals surface area contributed by atoms with Gasteiger partial charge in [-0.3, -0.25) is 4.79 Å². The van der Waals surface area contributed by atoms with Gasteiger partial charge in [-0.15, -0.1) is 0 Å². The molecule has 140 valence electrons. The normalized spacial score (nSPS) is 13.9. The Hall–Kier alpha value is -2.91. The fourth-order valence-electron chi connectivity index (χ4n) is 3.17. The minimum absolute atomic E-state index is 0.0780. The molecule has 1 amide bonds. The summed E-state index contributed by atoms with van der Waals surface area (Å²) in [5.41, 5.74) is 1.89. The van der Waals surface area contributed by atoms with Gasteiger partial charge in [-0.1, -0.05) is 11.6 Å². The van der Waals surface area contributed by atoms with Crippen LogP contribution >= 0.6 is 11.6 Å². The lowest BCUT2D eigenvalue weighted by atomic mass is 10.1. The fourth-order valence-corrected chi connectivity index (χ4v) is 3.34. The molecule has 2 aromatic rings. The summed E-state index contributed by atoms with van der Waals surface area (Å²) >= 11 is 5.97. The maximum atomic E-state index is 12.9. The van der Waals surface area contributed by atoms with Crippen molar-refractivity contribution in [1.82, 2.24) is 4.90 Å². The molecule has 0 aliphatic carbocycles. The van der Waals surface area contributed by atoms with Crippen LogP contribution in [-0.2, 0) is 0 Å². The Kier molecular flexibility index (Phi) is 5.72. The van der Waals surface area contributed by atoms with Gasteiger partial charge in [0.15, 0.2) is 0 Å². The summed E-state index contributed by atoms with van der Waals surface area (Å²) in [6.45, 7) is 2.39. The van der Waals surface area contributed by atoms with E-state index in [2.05, 4.69) is 11.0 Å². The van der Waals surface area contributed by atoms with E-state index in [4.69, 9.17) is 21.1 Å². The van der Waals surface area contributed by atoms with Gasteiger partial charge in [0, 0.05) is 37.3 Å². The van der Waals surface area contributed by atoms with E-state index in [9.17, 15) is 10.1 Å². The number of hydrogen-bond donors (Lipinski definition) is 0. The Morgan fingerprint density at radius 3 is 2.44 bits per heavy atom. The number of halogens is 1. The molecule has 1 fully saturated rings. The van der Waals surface area contributed by atoms with Crippen molar-refractivity contribution in [1.29, 1.82) is 5.26 Å². The van der Waals surface area contributed by atoms with Crippen LogP contribution in [0.1, 0.15) is 15.9 Å². The standard InChI is InChI=1S/C20H20ClN3O3/c1-26-16-4-5-17(19(12-16)27-2)20(25)24-9-7-23(8-10-24)18-6-3-15(21)11-14(18)13-22/h3-6,11-12H,7-10H2,1-2H3. The first-order chi connectivity index (χ1) is 13.1. The monoisotopic (exact) mass is 385 g/mol. The van der Waals surface area contributed by atoms with Crippen LogP contribution in [0, 0.1) is 11.3 Å². The van der Waals surface area contributed by atoms with E-state index in [1.165, 1.54) is 7.11 Å². The summed E-state index contributed by atoms with van der Waals surface area (Å²) in [5, 5.41) is 9.88. The highest BCUT2D eigenvalue weighted by molar-refractivity contribution is 6.30. The number of nitrogens with zero attached hydrogens (tertiary/aromatic N) is 3. The molecule has 0 spiro atoms. The minimum Gasteiger partial charge on any atom is -0.497 e. The van der Waals surface area contributed by atoms with E-state index in [1.807, 2.05) is 6.07 Å². The number of methoxy groups -OCH3 is 2. The second kappa shape index (κ2) is 8.19. The van der Waals surface area contributed by atoms with E-state index in [-0.39, 0.29) is 5.91 Å². The Morgan fingerprint density at radius 2 is 1.81 bits per heavy atom. The molecule has 1 aliphatic heterocycles. The minimum atomic E-state index is -0.0780. The number of piperazine rings is 1. The molecule has 2 aromatic carbocycles. The van der Waals surface area contributed by atoms with Crippen LogP contribution in [0.5, 0.6) is 11.5 Å². The summed E-state index contributed by atoms with van der Waals surface area (Å²) < 4.78 is 10.5. The molecule has 0 bridgehead atoms. The van der Waals surface area contributed by atoms with Gasteiger partial charge >= 0.3 is 0 Å². The second-order valence-corrected chi connectivity index (χ2v) is 6.56. The molecule has 27 heavy (non-hydrogen) atoms. The first-order valence-corrected chi connectivity index (χ1v) is 8.91. The molecule has 0 unspecified atom stereocenters. The summed E-state index contributed by atoms with van der Waals surface area (Å²) in [6, 6.07) is 12.7. The van der Waals surface area contributed by atoms with E-state index < -0.39 is 0 Å². The van der Waals surface area contributed by atoms with Crippen LogP contribution in [0.4, 0.5) is 5.69 Å². The molecule has 7 heteroatoms. The van der Waals surface area contributed by atoms with Gasteiger partial charge in [0.25, 0.3) is 5.91 Å². The zero-order valence-electron chi connectivity index (χ0n) is 15.2. The number of hydrogen-bond acceptors (Lipinski definition) is 5. The molecule has 6 nitrogen and oxygen atoms in total. The third-order valence-electron chi connectivity index (χ3n) is 4.63. The van der Waals surface area contributed by atoms with Crippen LogP contribution in [0.15, 0.2) is 36.4 Å². The van der Waals surface area contributed by atoms with Crippen molar-refractivity contribution in [3.63, 3.8) is 0 Å². The fraction of sp³-hybridized carbons (Fsp3) is 0.300. The highest BCUT2D eigenvalue weighted by atomic mass is 35.5. The zero-order valence-corrected chi connectivity index (χ0v) is 16.0. The molecule has 1 heterocycles. The van der Waals surface area contributed by atoms with E-state index in [0.717, 1.165) is 5.69 Å². The SMILES string of the molecule is COc1ccc(C(=O)N2CCN(c3ccc(Cl)cc3C#N)CC2)c(OC)c1. The lowest BCUT2D eigenvalue weighted by Gasteiger charge is -2.36. The van der Waals surface area contributed by atoms with Gasteiger partial charge in [-0.2, -0.15) is 5.26 Å². The predicted molar refractivity (Wildman–Crippen MR) is 104 cm³/mol. The average molecular weight is 386 g/mol. The third kappa shape index (κ3) is 3.93. The van der Waals surface area contributed by atoms with Gasteiger partial charge in [0.2, 0.25) is 0 Å². The summed E-state index contributed by atoms with van der Waals surface area (Å²) in [7, 11) is 3.11. The molecule has 0 atom stereocenters. The molecule has 0 radical (unpaired) electrons. The van der Waals surface area contributed by atoms with Gasteiger partial charge < -0.3 is 19.3 Å². The molecule has 0 saturated carbocycles. The molecule has 1 saturated heterocycles. The molecular formula is C20H20ClN3O3.